The van der Waals surface area contributed by atoms with E-state index in [0.717, 1.165) is 70.6 Å². The highest BCUT2D eigenvalue weighted by atomic mass is 19.1. The standard InChI is InChI=1S/C27H25FN4O2/c1-2-31-13-11-23-20(15-31)25(19-5-3-4-6-22(19)29-23)27(33)32-14-12-24-21(16-32)26(34-30-24)17-7-9-18(28)10-8-17/h3-10H,2,11-16H2,1H3. The minimum Gasteiger partial charge on any atom is -0.356 e. The number of nitrogens with zero attached hydrogens (tertiary/aromatic N) is 4. The van der Waals surface area contributed by atoms with E-state index in [1.165, 1.54) is 12.1 Å². The summed E-state index contributed by atoms with van der Waals surface area (Å²) in [6.45, 7) is 5.76. The van der Waals surface area contributed by atoms with E-state index in [9.17, 15) is 9.18 Å². The lowest BCUT2D eigenvalue weighted by Gasteiger charge is -2.32. The summed E-state index contributed by atoms with van der Waals surface area (Å²) in [5.74, 6) is 0.320. The first-order valence-corrected chi connectivity index (χ1v) is 11.8. The molecule has 7 heteroatoms. The minimum atomic E-state index is -0.301. The molecular weight excluding hydrogens is 431 g/mol. The molecule has 1 amide bonds. The number of hydrogen-bond acceptors (Lipinski definition) is 5. The lowest BCUT2D eigenvalue weighted by molar-refractivity contribution is 0.0733. The fourth-order valence-electron chi connectivity index (χ4n) is 5.13. The van der Waals surface area contributed by atoms with E-state index < -0.39 is 0 Å². The lowest BCUT2D eigenvalue weighted by Crippen LogP contribution is -2.38. The largest absolute Gasteiger partial charge is 0.356 e. The Balaban J connectivity index is 1.40. The third kappa shape index (κ3) is 3.47. The summed E-state index contributed by atoms with van der Waals surface area (Å²) in [6, 6.07) is 14.1. The first-order chi connectivity index (χ1) is 16.6. The molecule has 6 rings (SSSR count). The van der Waals surface area contributed by atoms with Crippen molar-refractivity contribution in [1.29, 1.82) is 0 Å². The summed E-state index contributed by atoms with van der Waals surface area (Å²) in [6.07, 6.45) is 1.47. The molecule has 2 aromatic carbocycles. The monoisotopic (exact) mass is 456 g/mol. The number of pyridine rings is 1. The van der Waals surface area contributed by atoms with Crippen molar-refractivity contribution < 1.29 is 13.7 Å². The summed E-state index contributed by atoms with van der Waals surface area (Å²) in [7, 11) is 0. The number of hydrogen-bond donors (Lipinski definition) is 0. The van der Waals surface area contributed by atoms with Gasteiger partial charge in [0.05, 0.1) is 23.3 Å². The number of fused-ring (bicyclic) bond motifs is 3. The molecule has 0 atom stereocenters. The van der Waals surface area contributed by atoms with Gasteiger partial charge in [-0.3, -0.25) is 14.7 Å². The van der Waals surface area contributed by atoms with Gasteiger partial charge in [-0.25, -0.2) is 4.39 Å². The molecule has 4 aromatic rings. The molecule has 2 aliphatic heterocycles. The molecule has 34 heavy (non-hydrogen) atoms. The lowest BCUT2D eigenvalue weighted by atomic mass is 9.93. The van der Waals surface area contributed by atoms with E-state index in [4.69, 9.17) is 9.51 Å². The Bertz CT molecular complexity index is 1400. The number of para-hydroxylation sites is 1. The van der Waals surface area contributed by atoms with Gasteiger partial charge in [-0.05, 0) is 36.9 Å². The Labute approximate surface area is 197 Å². The smallest absolute Gasteiger partial charge is 0.255 e. The summed E-state index contributed by atoms with van der Waals surface area (Å²) >= 11 is 0. The molecule has 0 saturated carbocycles. The van der Waals surface area contributed by atoms with Crippen molar-refractivity contribution in [3.63, 3.8) is 0 Å². The zero-order chi connectivity index (χ0) is 23.2. The number of carbonyl (C=O) groups is 1. The molecule has 2 aromatic heterocycles. The quantitative estimate of drug-likeness (QED) is 0.451. The first kappa shape index (κ1) is 21.0. The van der Waals surface area contributed by atoms with Gasteiger partial charge >= 0.3 is 0 Å². The topological polar surface area (TPSA) is 62.5 Å². The van der Waals surface area contributed by atoms with Crippen molar-refractivity contribution in [3.8, 4) is 11.3 Å². The Hall–Kier alpha value is -3.58. The number of likely N-dealkylation sites (N-methyl/N-ethyl adjacent to an activating group) is 1. The number of rotatable bonds is 3. The van der Waals surface area contributed by atoms with Crippen LogP contribution in [0, 0.1) is 5.82 Å². The van der Waals surface area contributed by atoms with Crippen LogP contribution in [0.25, 0.3) is 22.2 Å². The summed E-state index contributed by atoms with van der Waals surface area (Å²) in [4.78, 5) is 23.2. The molecule has 2 aliphatic rings. The fourth-order valence-corrected chi connectivity index (χ4v) is 5.13. The van der Waals surface area contributed by atoms with Gasteiger partial charge in [-0.2, -0.15) is 0 Å². The molecule has 0 N–H and O–H groups in total. The fraction of sp³-hybridized carbons (Fsp3) is 0.296. The van der Waals surface area contributed by atoms with Crippen molar-refractivity contribution in [3.05, 3.63) is 82.4 Å². The molecule has 172 valence electrons. The average Bonchev–Trinajstić information content (AvgIpc) is 3.30. The first-order valence-electron chi connectivity index (χ1n) is 11.8. The van der Waals surface area contributed by atoms with Gasteiger partial charge in [0.15, 0.2) is 5.76 Å². The number of benzene rings is 2. The van der Waals surface area contributed by atoms with E-state index in [-0.39, 0.29) is 11.7 Å². The highest BCUT2D eigenvalue weighted by Gasteiger charge is 2.32. The van der Waals surface area contributed by atoms with Crippen molar-refractivity contribution >= 4 is 16.8 Å². The molecule has 0 aliphatic carbocycles. The van der Waals surface area contributed by atoms with E-state index in [1.54, 1.807) is 12.1 Å². The van der Waals surface area contributed by atoms with Gasteiger partial charge in [0.25, 0.3) is 5.91 Å². The number of halogens is 1. The molecule has 0 saturated heterocycles. The van der Waals surface area contributed by atoms with E-state index in [2.05, 4.69) is 17.0 Å². The van der Waals surface area contributed by atoms with Crippen LogP contribution < -0.4 is 0 Å². The third-order valence-electron chi connectivity index (χ3n) is 7.02. The molecule has 6 nitrogen and oxygen atoms in total. The van der Waals surface area contributed by atoms with Gasteiger partial charge in [-0.1, -0.05) is 30.3 Å². The van der Waals surface area contributed by atoms with Crippen LogP contribution in [0.5, 0.6) is 0 Å². The van der Waals surface area contributed by atoms with E-state index in [1.807, 2.05) is 29.2 Å². The van der Waals surface area contributed by atoms with E-state index >= 15 is 0 Å². The molecule has 4 heterocycles. The van der Waals surface area contributed by atoms with Crippen LogP contribution in [0.2, 0.25) is 0 Å². The Morgan fingerprint density at radius 3 is 2.62 bits per heavy atom. The SMILES string of the molecule is CCN1CCc2nc3ccccc3c(C(=O)N3CCc4noc(-c5ccc(F)cc5)c4C3)c2C1. The second-order valence-corrected chi connectivity index (χ2v) is 8.97. The third-order valence-corrected chi connectivity index (χ3v) is 7.02. The van der Waals surface area contributed by atoms with Gasteiger partial charge < -0.3 is 9.42 Å². The average molecular weight is 457 g/mol. The maximum absolute atomic E-state index is 14.1. The van der Waals surface area contributed by atoms with Crippen LogP contribution in [-0.4, -0.2) is 45.5 Å². The van der Waals surface area contributed by atoms with Crippen LogP contribution in [0.1, 0.15) is 39.8 Å². The maximum atomic E-state index is 14.1. The molecule has 0 fully saturated rings. The maximum Gasteiger partial charge on any atom is 0.255 e. The summed E-state index contributed by atoms with van der Waals surface area (Å²) in [5.41, 5.74) is 6.23. The summed E-state index contributed by atoms with van der Waals surface area (Å²) < 4.78 is 19.1. The van der Waals surface area contributed by atoms with Crippen LogP contribution in [0.15, 0.2) is 53.1 Å². The number of carbonyl (C=O) groups excluding carboxylic acids is 1. The molecule has 0 radical (unpaired) electrons. The van der Waals surface area contributed by atoms with Gasteiger partial charge in [-0.15, -0.1) is 0 Å². The molecular formula is C27H25FN4O2. The molecule has 0 spiro atoms. The Morgan fingerprint density at radius 1 is 1.00 bits per heavy atom. The highest BCUT2D eigenvalue weighted by molar-refractivity contribution is 6.07. The van der Waals surface area contributed by atoms with Crippen molar-refractivity contribution in [2.45, 2.75) is 32.9 Å². The minimum absolute atomic E-state index is 0.0182. The predicted molar refractivity (Wildman–Crippen MR) is 127 cm³/mol. The number of aromatic nitrogens is 2. The van der Waals surface area contributed by atoms with Crippen LogP contribution in [0.3, 0.4) is 0 Å². The van der Waals surface area contributed by atoms with Crippen molar-refractivity contribution in [2.75, 3.05) is 19.6 Å². The Kier molecular flexibility index (Phi) is 5.14. The van der Waals surface area contributed by atoms with Gasteiger partial charge in [0, 0.05) is 60.2 Å². The van der Waals surface area contributed by atoms with Crippen LogP contribution >= 0.6 is 0 Å². The van der Waals surface area contributed by atoms with E-state index in [0.29, 0.717) is 25.3 Å². The Morgan fingerprint density at radius 2 is 1.79 bits per heavy atom. The van der Waals surface area contributed by atoms with Gasteiger partial charge in [0.1, 0.15) is 5.82 Å². The summed E-state index contributed by atoms with van der Waals surface area (Å²) in [5, 5.41) is 5.14. The van der Waals surface area contributed by atoms with Gasteiger partial charge in [0.2, 0.25) is 0 Å². The second kappa shape index (κ2) is 8.33. The van der Waals surface area contributed by atoms with Crippen molar-refractivity contribution in [1.82, 2.24) is 19.9 Å². The van der Waals surface area contributed by atoms with Crippen LogP contribution in [-0.2, 0) is 25.9 Å². The number of amides is 1. The normalized spacial score (nSPS) is 15.9. The zero-order valence-electron chi connectivity index (χ0n) is 19.1. The zero-order valence-corrected chi connectivity index (χ0v) is 19.1. The van der Waals surface area contributed by atoms with Crippen molar-refractivity contribution in [2.24, 2.45) is 0 Å². The second-order valence-electron chi connectivity index (χ2n) is 8.97. The molecule has 0 unspecified atom stereocenters. The molecule has 0 bridgehead atoms. The highest BCUT2D eigenvalue weighted by Crippen LogP contribution is 2.34. The predicted octanol–water partition coefficient (Wildman–Crippen LogP) is 4.61. The van der Waals surface area contributed by atoms with Crippen LogP contribution in [0.4, 0.5) is 4.39 Å².